The normalized spacial score (nSPS) is 17.8. The lowest BCUT2D eigenvalue weighted by atomic mass is 9.85. The third-order valence-electron chi connectivity index (χ3n) is 4.88. The predicted octanol–water partition coefficient (Wildman–Crippen LogP) is 3.57. The van der Waals surface area contributed by atoms with Crippen LogP contribution in [-0.4, -0.2) is 21.0 Å². The Morgan fingerprint density at radius 3 is 2.46 bits per heavy atom. The Morgan fingerprint density at radius 1 is 1.12 bits per heavy atom. The third-order valence-corrected chi connectivity index (χ3v) is 6.30. The van der Waals surface area contributed by atoms with Crippen LogP contribution in [-0.2, 0) is 22.3 Å². The molecule has 0 aromatic heterocycles. The topological polar surface area (TPSA) is 58.2 Å². The number of hydrogen-bond donors (Lipinski definition) is 2. The van der Waals surface area contributed by atoms with Gasteiger partial charge in [-0.1, -0.05) is 63.3 Å². The number of sulfonamides is 1. The SMILES string of the molecule is CCNS(=O)(=O)Cc1ccccc1CNC(C)CC1CCCCC1. The summed E-state index contributed by atoms with van der Waals surface area (Å²) in [6.45, 7) is 5.21. The molecule has 1 fully saturated rings. The summed E-state index contributed by atoms with van der Waals surface area (Å²) >= 11 is 0. The van der Waals surface area contributed by atoms with Gasteiger partial charge in [-0.3, -0.25) is 0 Å². The smallest absolute Gasteiger partial charge is 0.215 e. The Kier molecular flexibility index (Phi) is 7.72. The average Bonchev–Trinajstić information content (AvgIpc) is 2.54. The molecule has 0 radical (unpaired) electrons. The lowest BCUT2D eigenvalue weighted by Gasteiger charge is -2.25. The number of nitrogens with one attached hydrogen (secondary N) is 2. The van der Waals surface area contributed by atoms with Crippen LogP contribution in [0.2, 0.25) is 0 Å². The van der Waals surface area contributed by atoms with Crippen molar-refractivity contribution >= 4 is 10.0 Å². The summed E-state index contributed by atoms with van der Waals surface area (Å²) in [7, 11) is -3.25. The van der Waals surface area contributed by atoms with Gasteiger partial charge in [-0.25, -0.2) is 13.1 Å². The molecule has 136 valence electrons. The fourth-order valence-corrected chi connectivity index (χ4v) is 4.87. The highest BCUT2D eigenvalue weighted by atomic mass is 32.2. The van der Waals surface area contributed by atoms with Crippen molar-refractivity contribution in [1.82, 2.24) is 10.0 Å². The first-order valence-corrected chi connectivity index (χ1v) is 10.9. The lowest BCUT2D eigenvalue weighted by Crippen LogP contribution is -2.29. The lowest BCUT2D eigenvalue weighted by molar-refractivity contribution is 0.304. The molecule has 4 nitrogen and oxygen atoms in total. The molecular weight excluding hydrogens is 320 g/mol. The van der Waals surface area contributed by atoms with E-state index in [-0.39, 0.29) is 5.75 Å². The molecule has 1 atom stereocenters. The molecule has 0 spiro atoms. The van der Waals surface area contributed by atoms with E-state index in [2.05, 4.69) is 17.0 Å². The summed E-state index contributed by atoms with van der Waals surface area (Å²) < 4.78 is 26.6. The maximum absolute atomic E-state index is 12.0. The van der Waals surface area contributed by atoms with Crippen LogP contribution in [0.5, 0.6) is 0 Å². The molecule has 24 heavy (non-hydrogen) atoms. The first-order valence-electron chi connectivity index (χ1n) is 9.27. The van der Waals surface area contributed by atoms with Crippen molar-refractivity contribution in [2.75, 3.05) is 6.54 Å². The molecule has 0 bridgehead atoms. The van der Waals surface area contributed by atoms with E-state index in [9.17, 15) is 8.42 Å². The van der Waals surface area contributed by atoms with E-state index >= 15 is 0 Å². The van der Waals surface area contributed by atoms with Gasteiger partial charge in [0.15, 0.2) is 0 Å². The van der Waals surface area contributed by atoms with E-state index in [1.165, 1.54) is 38.5 Å². The molecule has 0 amide bonds. The van der Waals surface area contributed by atoms with E-state index in [1.54, 1.807) is 6.92 Å². The minimum absolute atomic E-state index is 0.0513. The number of benzene rings is 1. The maximum atomic E-state index is 12.0. The molecule has 0 saturated heterocycles. The van der Waals surface area contributed by atoms with Crippen molar-refractivity contribution in [3.8, 4) is 0 Å². The van der Waals surface area contributed by atoms with Crippen LogP contribution >= 0.6 is 0 Å². The zero-order valence-corrected chi connectivity index (χ0v) is 15.9. The summed E-state index contributed by atoms with van der Waals surface area (Å²) in [4.78, 5) is 0. The van der Waals surface area contributed by atoms with Crippen LogP contribution in [0, 0.1) is 5.92 Å². The third kappa shape index (κ3) is 6.54. The Bertz CT molecular complexity index is 595. The van der Waals surface area contributed by atoms with E-state index in [1.807, 2.05) is 24.3 Å². The van der Waals surface area contributed by atoms with Gasteiger partial charge in [0.2, 0.25) is 10.0 Å². The van der Waals surface area contributed by atoms with Gasteiger partial charge in [0.05, 0.1) is 5.75 Å². The first kappa shape index (κ1) is 19.4. The second-order valence-corrected chi connectivity index (χ2v) is 8.85. The Morgan fingerprint density at radius 2 is 1.79 bits per heavy atom. The van der Waals surface area contributed by atoms with E-state index in [0.717, 1.165) is 23.6 Å². The van der Waals surface area contributed by atoms with Crippen LogP contribution in [0.3, 0.4) is 0 Å². The molecule has 1 saturated carbocycles. The van der Waals surface area contributed by atoms with Gasteiger partial charge >= 0.3 is 0 Å². The molecule has 1 aliphatic carbocycles. The zero-order valence-electron chi connectivity index (χ0n) is 15.1. The Hall–Kier alpha value is -0.910. The van der Waals surface area contributed by atoms with Gasteiger partial charge in [-0.2, -0.15) is 0 Å². The Balaban J connectivity index is 1.89. The quantitative estimate of drug-likeness (QED) is 0.714. The second-order valence-electron chi connectivity index (χ2n) is 7.05. The van der Waals surface area contributed by atoms with Crippen LogP contribution in [0.25, 0.3) is 0 Å². The molecule has 1 unspecified atom stereocenters. The van der Waals surface area contributed by atoms with Gasteiger partial charge in [-0.15, -0.1) is 0 Å². The number of hydrogen-bond acceptors (Lipinski definition) is 3. The molecule has 1 aromatic rings. The summed E-state index contributed by atoms with van der Waals surface area (Å²) in [5.41, 5.74) is 1.96. The molecule has 2 N–H and O–H groups in total. The van der Waals surface area contributed by atoms with E-state index in [4.69, 9.17) is 0 Å². The van der Waals surface area contributed by atoms with Crippen molar-refractivity contribution in [2.24, 2.45) is 5.92 Å². The summed E-state index contributed by atoms with van der Waals surface area (Å²) in [5.74, 6) is 0.904. The van der Waals surface area contributed by atoms with Crippen LogP contribution in [0.4, 0.5) is 0 Å². The largest absolute Gasteiger partial charge is 0.310 e. The predicted molar refractivity (Wildman–Crippen MR) is 100 cm³/mol. The first-order chi connectivity index (χ1) is 11.5. The molecule has 0 aliphatic heterocycles. The van der Waals surface area contributed by atoms with Crippen LogP contribution in [0.15, 0.2) is 24.3 Å². The minimum atomic E-state index is -3.25. The molecule has 1 aliphatic rings. The number of rotatable bonds is 9. The summed E-state index contributed by atoms with van der Waals surface area (Å²) in [5, 5.41) is 3.59. The fourth-order valence-electron chi connectivity index (χ4n) is 3.64. The fraction of sp³-hybridized carbons (Fsp3) is 0.684. The van der Waals surface area contributed by atoms with Gasteiger partial charge in [0, 0.05) is 19.1 Å². The Labute approximate surface area is 147 Å². The van der Waals surface area contributed by atoms with Crippen molar-refractivity contribution < 1.29 is 8.42 Å². The van der Waals surface area contributed by atoms with Crippen molar-refractivity contribution in [2.45, 2.75) is 70.7 Å². The van der Waals surface area contributed by atoms with Gasteiger partial charge in [-0.05, 0) is 30.4 Å². The van der Waals surface area contributed by atoms with E-state index < -0.39 is 10.0 Å². The molecule has 1 aromatic carbocycles. The van der Waals surface area contributed by atoms with Gasteiger partial charge in [0.1, 0.15) is 0 Å². The molecule has 0 heterocycles. The van der Waals surface area contributed by atoms with Crippen LogP contribution in [0.1, 0.15) is 63.5 Å². The van der Waals surface area contributed by atoms with Gasteiger partial charge < -0.3 is 5.32 Å². The highest BCUT2D eigenvalue weighted by Crippen LogP contribution is 2.27. The van der Waals surface area contributed by atoms with Crippen molar-refractivity contribution in [3.63, 3.8) is 0 Å². The standard InChI is InChI=1S/C19H32N2O2S/c1-3-21-24(22,23)15-19-12-8-7-11-18(19)14-20-16(2)13-17-9-5-4-6-10-17/h7-8,11-12,16-17,20-21H,3-6,9-10,13-15H2,1-2H3. The second kappa shape index (κ2) is 9.54. The minimum Gasteiger partial charge on any atom is -0.310 e. The van der Waals surface area contributed by atoms with Crippen molar-refractivity contribution in [3.05, 3.63) is 35.4 Å². The highest BCUT2D eigenvalue weighted by molar-refractivity contribution is 7.88. The molecular formula is C19H32N2O2S. The van der Waals surface area contributed by atoms with Crippen LogP contribution < -0.4 is 10.0 Å². The molecule has 2 rings (SSSR count). The average molecular weight is 353 g/mol. The van der Waals surface area contributed by atoms with E-state index in [0.29, 0.717) is 12.6 Å². The molecule has 5 heteroatoms. The van der Waals surface area contributed by atoms with Crippen molar-refractivity contribution in [1.29, 1.82) is 0 Å². The highest BCUT2D eigenvalue weighted by Gasteiger charge is 2.17. The maximum Gasteiger partial charge on any atom is 0.215 e. The monoisotopic (exact) mass is 352 g/mol. The summed E-state index contributed by atoms with van der Waals surface area (Å²) in [6.07, 6.45) is 8.10. The summed E-state index contributed by atoms with van der Waals surface area (Å²) in [6, 6.07) is 8.29. The van der Waals surface area contributed by atoms with Gasteiger partial charge in [0.25, 0.3) is 0 Å². The zero-order chi connectivity index (χ0) is 17.4.